The monoisotopic (exact) mass is 283 g/mol. The summed E-state index contributed by atoms with van der Waals surface area (Å²) < 4.78 is 11.0. The molecule has 0 spiro atoms. The van der Waals surface area contributed by atoms with Gasteiger partial charge in [0.05, 0.1) is 13.2 Å². The van der Waals surface area contributed by atoms with E-state index in [-0.39, 0.29) is 12.1 Å². The highest BCUT2D eigenvalue weighted by Gasteiger charge is 2.21. The summed E-state index contributed by atoms with van der Waals surface area (Å²) in [5, 5.41) is 3.39. The van der Waals surface area contributed by atoms with E-state index in [1.807, 2.05) is 19.2 Å². The second-order valence-corrected chi connectivity index (χ2v) is 5.49. The van der Waals surface area contributed by atoms with Crippen LogP contribution in [-0.2, 0) is 6.42 Å². The molecule has 2 aromatic rings. The van der Waals surface area contributed by atoms with Crippen LogP contribution in [0.1, 0.15) is 29.7 Å². The average Bonchev–Trinajstić information content (AvgIpc) is 2.88. The number of hydrogen-bond donors (Lipinski definition) is 1. The molecule has 0 aliphatic carbocycles. The Balaban J connectivity index is 1.91. The number of methoxy groups -OCH3 is 1. The van der Waals surface area contributed by atoms with E-state index in [4.69, 9.17) is 9.47 Å². The van der Waals surface area contributed by atoms with Crippen molar-refractivity contribution in [3.8, 4) is 11.5 Å². The maximum atomic E-state index is 5.77. The first-order valence-corrected chi connectivity index (χ1v) is 7.32. The lowest BCUT2D eigenvalue weighted by molar-refractivity contribution is 0.254. The highest BCUT2D eigenvalue weighted by Crippen LogP contribution is 2.33. The summed E-state index contributed by atoms with van der Waals surface area (Å²) in [5.74, 6) is 1.90. The Hall–Kier alpha value is -2.00. The van der Waals surface area contributed by atoms with Crippen molar-refractivity contribution in [2.45, 2.75) is 25.5 Å². The number of fused-ring (bicyclic) bond motifs is 1. The van der Waals surface area contributed by atoms with Crippen LogP contribution in [0.5, 0.6) is 11.5 Å². The van der Waals surface area contributed by atoms with Crippen LogP contribution in [0, 0.1) is 0 Å². The minimum Gasteiger partial charge on any atom is -0.497 e. The van der Waals surface area contributed by atoms with E-state index in [0.29, 0.717) is 0 Å². The number of nitrogens with one attached hydrogen (secondary N) is 1. The molecule has 1 aliphatic heterocycles. The molecule has 0 saturated heterocycles. The minimum absolute atomic E-state index is 0.178. The Morgan fingerprint density at radius 2 is 1.86 bits per heavy atom. The normalized spacial score (nSPS) is 18.0. The zero-order chi connectivity index (χ0) is 14.8. The molecule has 0 saturated carbocycles. The summed E-state index contributed by atoms with van der Waals surface area (Å²) in [6, 6.07) is 14.9. The van der Waals surface area contributed by atoms with E-state index in [0.717, 1.165) is 17.9 Å². The topological polar surface area (TPSA) is 30.5 Å². The highest BCUT2D eigenvalue weighted by atomic mass is 16.5. The summed E-state index contributed by atoms with van der Waals surface area (Å²) in [6.45, 7) is 2.11. The van der Waals surface area contributed by atoms with Crippen molar-refractivity contribution >= 4 is 0 Å². The molecule has 0 aromatic heterocycles. The first-order chi connectivity index (χ1) is 10.2. The zero-order valence-corrected chi connectivity index (χ0v) is 12.7. The third-order valence-electron chi connectivity index (χ3n) is 3.99. The first-order valence-electron chi connectivity index (χ1n) is 7.32. The van der Waals surface area contributed by atoms with E-state index in [1.165, 1.54) is 16.7 Å². The molecule has 1 heterocycles. The van der Waals surface area contributed by atoms with Crippen LogP contribution in [0.4, 0.5) is 0 Å². The summed E-state index contributed by atoms with van der Waals surface area (Å²) in [6.07, 6.45) is 1.27. The SMILES string of the molecule is CNC(c1ccc(OC)cc1)c1ccc2c(c1)CC(C)O2. The Morgan fingerprint density at radius 1 is 1.14 bits per heavy atom. The van der Waals surface area contributed by atoms with Crippen LogP contribution in [-0.4, -0.2) is 20.3 Å². The van der Waals surface area contributed by atoms with Gasteiger partial charge in [-0.15, -0.1) is 0 Å². The van der Waals surface area contributed by atoms with Gasteiger partial charge < -0.3 is 14.8 Å². The van der Waals surface area contributed by atoms with E-state index in [2.05, 4.69) is 42.6 Å². The van der Waals surface area contributed by atoms with Crippen LogP contribution >= 0.6 is 0 Å². The summed E-state index contributed by atoms with van der Waals surface area (Å²) >= 11 is 0. The van der Waals surface area contributed by atoms with Gasteiger partial charge >= 0.3 is 0 Å². The van der Waals surface area contributed by atoms with Crippen LogP contribution in [0.2, 0.25) is 0 Å². The van der Waals surface area contributed by atoms with Crippen molar-refractivity contribution in [3.05, 3.63) is 59.2 Å². The Morgan fingerprint density at radius 3 is 2.52 bits per heavy atom. The maximum Gasteiger partial charge on any atom is 0.123 e. The fourth-order valence-electron chi connectivity index (χ4n) is 2.94. The molecule has 21 heavy (non-hydrogen) atoms. The number of hydrogen-bond acceptors (Lipinski definition) is 3. The molecule has 0 amide bonds. The molecular formula is C18H21NO2. The molecular weight excluding hydrogens is 262 g/mol. The average molecular weight is 283 g/mol. The van der Waals surface area contributed by atoms with E-state index < -0.39 is 0 Å². The number of ether oxygens (including phenoxy) is 2. The van der Waals surface area contributed by atoms with Crippen LogP contribution < -0.4 is 14.8 Å². The molecule has 2 atom stereocenters. The van der Waals surface area contributed by atoms with Crippen LogP contribution in [0.25, 0.3) is 0 Å². The quantitative estimate of drug-likeness (QED) is 0.933. The smallest absolute Gasteiger partial charge is 0.123 e. The molecule has 3 nitrogen and oxygen atoms in total. The van der Waals surface area contributed by atoms with Gasteiger partial charge in [0.25, 0.3) is 0 Å². The standard InChI is InChI=1S/C18H21NO2/c1-12-10-15-11-14(6-9-17(15)21-12)18(19-2)13-4-7-16(20-3)8-5-13/h4-9,11-12,18-19H,10H2,1-3H3. The summed E-state index contributed by atoms with van der Waals surface area (Å²) in [5.41, 5.74) is 3.79. The molecule has 2 aromatic carbocycles. The van der Waals surface area contributed by atoms with Gasteiger partial charge in [0, 0.05) is 6.42 Å². The van der Waals surface area contributed by atoms with Gasteiger partial charge in [-0.05, 0) is 48.9 Å². The van der Waals surface area contributed by atoms with Crippen molar-refractivity contribution < 1.29 is 9.47 Å². The van der Waals surface area contributed by atoms with Crippen molar-refractivity contribution in [1.29, 1.82) is 0 Å². The summed E-state index contributed by atoms with van der Waals surface area (Å²) in [7, 11) is 3.67. The van der Waals surface area contributed by atoms with Gasteiger partial charge in [0.1, 0.15) is 17.6 Å². The van der Waals surface area contributed by atoms with Gasteiger partial charge in [0.2, 0.25) is 0 Å². The van der Waals surface area contributed by atoms with Crippen molar-refractivity contribution in [3.63, 3.8) is 0 Å². The Bertz CT molecular complexity index is 622. The molecule has 3 rings (SSSR count). The predicted molar refractivity (Wildman–Crippen MR) is 84.1 cm³/mol. The van der Waals surface area contributed by atoms with Gasteiger partial charge in [-0.1, -0.05) is 24.3 Å². The van der Waals surface area contributed by atoms with Crippen molar-refractivity contribution in [2.24, 2.45) is 0 Å². The van der Waals surface area contributed by atoms with Crippen molar-refractivity contribution in [2.75, 3.05) is 14.2 Å². The second-order valence-electron chi connectivity index (χ2n) is 5.49. The lowest BCUT2D eigenvalue weighted by Crippen LogP contribution is -2.17. The van der Waals surface area contributed by atoms with Crippen LogP contribution in [0.3, 0.4) is 0 Å². The molecule has 0 radical (unpaired) electrons. The fraction of sp³-hybridized carbons (Fsp3) is 0.333. The molecule has 0 bridgehead atoms. The van der Waals surface area contributed by atoms with E-state index in [1.54, 1.807) is 7.11 Å². The fourth-order valence-corrected chi connectivity index (χ4v) is 2.94. The Labute approximate surface area is 125 Å². The summed E-state index contributed by atoms with van der Waals surface area (Å²) in [4.78, 5) is 0. The zero-order valence-electron chi connectivity index (χ0n) is 12.7. The third-order valence-corrected chi connectivity index (χ3v) is 3.99. The highest BCUT2D eigenvalue weighted by molar-refractivity contribution is 5.44. The van der Waals surface area contributed by atoms with Crippen molar-refractivity contribution in [1.82, 2.24) is 5.32 Å². The predicted octanol–water partition coefficient (Wildman–Crippen LogP) is 3.33. The second kappa shape index (κ2) is 5.78. The van der Waals surface area contributed by atoms with Crippen LogP contribution in [0.15, 0.2) is 42.5 Å². The molecule has 110 valence electrons. The molecule has 1 aliphatic rings. The maximum absolute atomic E-state index is 5.77. The van der Waals surface area contributed by atoms with E-state index in [9.17, 15) is 0 Å². The third kappa shape index (κ3) is 2.74. The largest absolute Gasteiger partial charge is 0.497 e. The number of benzene rings is 2. The van der Waals surface area contributed by atoms with Gasteiger partial charge in [0.15, 0.2) is 0 Å². The van der Waals surface area contributed by atoms with Gasteiger partial charge in [-0.25, -0.2) is 0 Å². The lowest BCUT2D eigenvalue weighted by atomic mass is 9.96. The first kappa shape index (κ1) is 14.0. The molecule has 0 fully saturated rings. The molecule has 1 N–H and O–H groups in total. The Kier molecular flexibility index (Phi) is 3.84. The number of rotatable bonds is 4. The lowest BCUT2D eigenvalue weighted by Gasteiger charge is -2.18. The molecule has 2 unspecified atom stereocenters. The molecule has 3 heteroatoms. The van der Waals surface area contributed by atoms with E-state index >= 15 is 0 Å². The minimum atomic E-state index is 0.178. The van der Waals surface area contributed by atoms with Gasteiger partial charge in [-0.3, -0.25) is 0 Å². The van der Waals surface area contributed by atoms with Gasteiger partial charge in [-0.2, -0.15) is 0 Å².